The third-order valence-electron chi connectivity index (χ3n) is 3.89. The van der Waals surface area contributed by atoms with Crippen molar-refractivity contribution in [2.45, 2.75) is 25.8 Å². The summed E-state index contributed by atoms with van der Waals surface area (Å²) in [5, 5.41) is 9.51. The Balaban J connectivity index is 1.73. The van der Waals surface area contributed by atoms with E-state index in [-0.39, 0.29) is 18.4 Å². The smallest absolute Gasteiger partial charge is 0.318 e. The van der Waals surface area contributed by atoms with Gasteiger partial charge in [-0.1, -0.05) is 12.1 Å². The number of hydrogen-bond acceptors (Lipinski definition) is 6. The van der Waals surface area contributed by atoms with Crippen LogP contribution in [0.4, 0.5) is 4.79 Å². The van der Waals surface area contributed by atoms with E-state index in [1.165, 1.54) is 4.90 Å². The van der Waals surface area contributed by atoms with Gasteiger partial charge in [-0.25, -0.2) is 4.79 Å². The fourth-order valence-corrected chi connectivity index (χ4v) is 2.62. The molecule has 0 aliphatic carbocycles. The molecule has 0 aromatic carbocycles. The number of carbonyl (C=O) groups excluding carboxylic acids is 2. The summed E-state index contributed by atoms with van der Waals surface area (Å²) in [7, 11) is 0. The van der Waals surface area contributed by atoms with Crippen molar-refractivity contribution < 1.29 is 14.1 Å². The summed E-state index contributed by atoms with van der Waals surface area (Å²) in [6, 6.07) is 2.62. The largest absolute Gasteiger partial charge is 0.353 e. The lowest BCUT2D eigenvalue weighted by atomic mass is 10.1. The van der Waals surface area contributed by atoms with Crippen LogP contribution < -0.4 is 10.6 Å². The molecule has 2 aromatic heterocycles. The highest BCUT2D eigenvalue weighted by molar-refractivity contribution is 5.88. The van der Waals surface area contributed by atoms with Crippen LogP contribution in [0.5, 0.6) is 0 Å². The highest BCUT2D eigenvalue weighted by atomic mass is 16.5. The Hall–Kier alpha value is -2.97. The number of nitrogens with one attached hydrogen (secondary N) is 2. The molecule has 3 rings (SSSR count). The molecule has 0 bridgehead atoms. The Labute approximate surface area is 144 Å². The van der Waals surface area contributed by atoms with Crippen molar-refractivity contribution in [3.63, 3.8) is 0 Å². The molecule has 1 saturated heterocycles. The highest BCUT2D eigenvalue weighted by Crippen LogP contribution is 2.17. The van der Waals surface area contributed by atoms with E-state index in [2.05, 4.69) is 25.8 Å². The molecule has 2 N–H and O–H groups in total. The van der Waals surface area contributed by atoms with E-state index in [0.29, 0.717) is 31.3 Å². The number of carbonyl (C=O) groups is 2. The molecule has 132 valence electrons. The minimum Gasteiger partial charge on any atom is -0.353 e. The summed E-state index contributed by atoms with van der Waals surface area (Å²) in [6.07, 6.45) is 4.28. The second-order valence-corrected chi connectivity index (χ2v) is 5.68. The van der Waals surface area contributed by atoms with Crippen molar-refractivity contribution in [1.29, 1.82) is 0 Å². The predicted octanol–water partition coefficient (Wildman–Crippen LogP) is 0.594. The van der Waals surface area contributed by atoms with Gasteiger partial charge in [-0.3, -0.25) is 9.78 Å². The molecule has 3 heterocycles. The van der Waals surface area contributed by atoms with E-state index in [4.69, 9.17) is 4.52 Å². The van der Waals surface area contributed by atoms with Gasteiger partial charge in [0.1, 0.15) is 6.04 Å². The Morgan fingerprint density at radius 3 is 3.00 bits per heavy atom. The molecule has 9 nitrogen and oxygen atoms in total. The zero-order valence-electron chi connectivity index (χ0n) is 13.9. The average molecular weight is 344 g/mol. The van der Waals surface area contributed by atoms with Crippen molar-refractivity contribution in [3.8, 4) is 11.4 Å². The summed E-state index contributed by atoms with van der Waals surface area (Å²) in [4.78, 5) is 34.3. The Morgan fingerprint density at radius 2 is 2.24 bits per heavy atom. The van der Waals surface area contributed by atoms with Gasteiger partial charge >= 0.3 is 6.03 Å². The fourth-order valence-electron chi connectivity index (χ4n) is 2.62. The summed E-state index contributed by atoms with van der Waals surface area (Å²) in [6.45, 7) is 3.41. The van der Waals surface area contributed by atoms with Crippen molar-refractivity contribution in [3.05, 3.63) is 30.4 Å². The van der Waals surface area contributed by atoms with Crippen LogP contribution in [-0.2, 0) is 11.2 Å². The lowest BCUT2D eigenvalue weighted by Crippen LogP contribution is -2.60. The fraction of sp³-hybridized carbons (Fsp3) is 0.438. The van der Waals surface area contributed by atoms with E-state index >= 15 is 0 Å². The number of piperazine rings is 1. The highest BCUT2D eigenvalue weighted by Gasteiger charge is 2.34. The minimum atomic E-state index is -0.670. The number of pyridine rings is 1. The van der Waals surface area contributed by atoms with Gasteiger partial charge in [-0.2, -0.15) is 4.98 Å². The minimum absolute atomic E-state index is 0.170. The second kappa shape index (κ2) is 7.73. The van der Waals surface area contributed by atoms with Crippen LogP contribution >= 0.6 is 0 Å². The molecular formula is C16H20N6O3. The van der Waals surface area contributed by atoms with Crippen molar-refractivity contribution in [2.75, 3.05) is 19.6 Å². The topological polar surface area (TPSA) is 113 Å². The number of nitrogens with zero attached hydrogens (tertiary/aromatic N) is 4. The zero-order valence-corrected chi connectivity index (χ0v) is 13.9. The quantitative estimate of drug-likeness (QED) is 0.821. The molecule has 0 radical (unpaired) electrons. The zero-order chi connectivity index (χ0) is 17.6. The number of rotatable bonds is 5. The Kier molecular flexibility index (Phi) is 5.22. The van der Waals surface area contributed by atoms with E-state index in [9.17, 15) is 9.59 Å². The molecule has 0 saturated carbocycles. The van der Waals surface area contributed by atoms with Crippen molar-refractivity contribution >= 4 is 11.9 Å². The Bertz CT molecular complexity index is 732. The number of urea groups is 1. The monoisotopic (exact) mass is 344 g/mol. The average Bonchev–Trinajstić information content (AvgIpc) is 3.11. The molecule has 2 aromatic rings. The molecule has 1 atom stereocenters. The number of amides is 3. The van der Waals surface area contributed by atoms with Gasteiger partial charge in [0.15, 0.2) is 0 Å². The van der Waals surface area contributed by atoms with Crippen LogP contribution in [0.25, 0.3) is 11.4 Å². The van der Waals surface area contributed by atoms with E-state index in [1.54, 1.807) is 24.5 Å². The molecule has 25 heavy (non-hydrogen) atoms. The molecule has 9 heteroatoms. The molecule has 1 aliphatic heterocycles. The lowest BCUT2D eigenvalue weighted by Gasteiger charge is -2.34. The van der Waals surface area contributed by atoms with Gasteiger partial charge in [0.25, 0.3) is 0 Å². The first-order valence-corrected chi connectivity index (χ1v) is 8.24. The van der Waals surface area contributed by atoms with Crippen molar-refractivity contribution in [2.24, 2.45) is 0 Å². The van der Waals surface area contributed by atoms with Crippen LogP contribution in [0.2, 0.25) is 0 Å². The van der Waals surface area contributed by atoms with E-state index in [1.807, 2.05) is 6.92 Å². The first-order chi connectivity index (χ1) is 12.2. The molecule has 1 unspecified atom stereocenters. The summed E-state index contributed by atoms with van der Waals surface area (Å²) < 4.78 is 5.26. The SMILES string of the molecule is CCCNC(=O)N1CCNC(=O)C1Cc1nc(-c2ccncc2)no1. The third kappa shape index (κ3) is 3.93. The third-order valence-corrected chi connectivity index (χ3v) is 3.89. The molecule has 3 amide bonds. The maximum absolute atomic E-state index is 12.3. The van der Waals surface area contributed by atoms with Crippen LogP contribution in [0.3, 0.4) is 0 Å². The first-order valence-electron chi connectivity index (χ1n) is 8.24. The first kappa shape index (κ1) is 16.9. The molecule has 0 spiro atoms. The normalized spacial score (nSPS) is 17.2. The molecular weight excluding hydrogens is 324 g/mol. The van der Waals surface area contributed by atoms with Gasteiger partial charge in [0.05, 0.1) is 6.42 Å². The van der Waals surface area contributed by atoms with E-state index in [0.717, 1.165) is 12.0 Å². The van der Waals surface area contributed by atoms with Gasteiger partial charge in [-0.15, -0.1) is 0 Å². The van der Waals surface area contributed by atoms with Gasteiger partial charge in [0, 0.05) is 37.6 Å². The van der Waals surface area contributed by atoms with Gasteiger partial charge in [0.2, 0.25) is 17.6 Å². The maximum Gasteiger partial charge on any atom is 0.318 e. The lowest BCUT2D eigenvalue weighted by molar-refractivity contribution is -0.127. The Morgan fingerprint density at radius 1 is 1.44 bits per heavy atom. The van der Waals surface area contributed by atoms with Crippen LogP contribution in [0, 0.1) is 0 Å². The van der Waals surface area contributed by atoms with Gasteiger partial charge in [-0.05, 0) is 18.6 Å². The second-order valence-electron chi connectivity index (χ2n) is 5.68. The van der Waals surface area contributed by atoms with Crippen LogP contribution in [-0.4, -0.2) is 57.6 Å². The van der Waals surface area contributed by atoms with E-state index < -0.39 is 6.04 Å². The van der Waals surface area contributed by atoms with Gasteiger partial charge < -0.3 is 20.1 Å². The predicted molar refractivity (Wildman–Crippen MR) is 88.4 cm³/mol. The summed E-state index contributed by atoms with van der Waals surface area (Å²) in [5.74, 6) is 0.513. The maximum atomic E-state index is 12.3. The molecule has 1 fully saturated rings. The van der Waals surface area contributed by atoms with Crippen molar-refractivity contribution in [1.82, 2.24) is 30.7 Å². The number of aromatic nitrogens is 3. The summed E-state index contributed by atoms with van der Waals surface area (Å²) in [5.41, 5.74) is 0.774. The van der Waals surface area contributed by atoms with Crippen LogP contribution in [0.15, 0.2) is 29.0 Å². The van der Waals surface area contributed by atoms with Crippen LogP contribution in [0.1, 0.15) is 19.2 Å². The summed E-state index contributed by atoms with van der Waals surface area (Å²) >= 11 is 0. The number of hydrogen-bond donors (Lipinski definition) is 2. The standard InChI is InChI=1S/C16H20N6O3/c1-2-5-19-16(24)22-9-8-18-15(23)12(22)10-13-20-14(21-25-13)11-3-6-17-7-4-11/h3-4,6-7,12H,2,5,8-10H2,1H3,(H,18,23)(H,19,24). The molecule has 1 aliphatic rings.